The minimum atomic E-state index is -3.42. The number of rotatable bonds is 6. The van der Waals surface area contributed by atoms with Crippen LogP contribution in [-0.2, 0) is 16.6 Å². The summed E-state index contributed by atoms with van der Waals surface area (Å²) in [7, 11) is -3.42. The van der Waals surface area contributed by atoms with Crippen LogP contribution in [0.3, 0.4) is 0 Å². The van der Waals surface area contributed by atoms with Crippen molar-refractivity contribution in [2.45, 2.75) is 37.4 Å². The van der Waals surface area contributed by atoms with Crippen molar-refractivity contribution >= 4 is 10.0 Å². The monoisotopic (exact) mass is 255 g/mol. The van der Waals surface area contributed by atoms with E-state index in [1.165, 1.54) is 0 Å². The van der Waals surface area contributed by atoms with Crippen LogP contribution in [0.25, 0.3) is 0 Å². The standard InChI is InChI=1S/C11H17N3O2S/c1-2-12-7-9-3-6-11(13-8-9)17(15,16)14-10-4-5-10/h3,6,8,10,12,14H,2,4-5,7H2,1H3. The Morgan fingerprint density at radius 3 is 2.71 bits per heavy atom. The average molecular weight is 255 g/mol. The van der Waals surface area contributed by atoms with E-state index in [1.807, 2.05) is 6.92 Å². The van der Waals surface area contributed by atoms with Gasteiger partial charge in [-0.3, -0.25) is 0 Å². The molecule has 1 heterocycles. The van der Waals surface area contributed by atoms with Crippen molar-refractivity contribution in [1.29, 1.82) is 0 Å². The Labute approximate surface area is 102 Å². The molecule has 0 aliphatic heterocycles. The summed E-state index contributed by atoms with van der Waals surface area (Å²) >= 11 is 0. The Hall–Kier alpha value is -0.980. The van der Waals surface area contributed by atoms with Crippen molar-refractivity contribution < 1.29 is 8.42 Å². The second-order valence-electron chi connectivity index (χ2n) is 4.18. The Balaban J connectivity index is 2.05. The number of hydrogen-bond acceptors (Lipinski definition) is 4. The molecule has 2 rings (SSSR count). The number of sulfonamides is 1. The van der Waals surface area contributed by atoms with Crippen LogP contribution in [0.5, 0.6) is 0 Å². The molecule has 94 valence electrons. The molecule has 0 spiro atoms. The molecule has 0 radical (unpaired) electrons. The zero-order valence-corrected chi connectivity index (χ0v) is 10.6. The maximum Gasteiger partial charge on any atom is 0.258 e. The molecule has 17 heavy (non-hydrogen) atoms. The van der Waals surface area contributed by atoms with E-state index < -0.39 is 10.0 Å². The van der Waals surface area contributed by atoms with E-state index in [0.29, 0.717) is 6.54 Å². The molecule has 1 aliphatic carbocycles. The molecular weight excluding hydrogens is 238 g/mol. The SMILES string of the molecule is CCNCc1ccc(S(=O)(=O)NC2CC2)nc1. The first-order valence-corrected chi connectivity index (χ1v) is 7.28. The van der Waals surface area contributed by atoms with Gasteiger partial charge in [0.25, 0.3) is 10.0 Å². The van der Waals surface area contributed by atoms with Crippen LogP contribution in [0, 0.1) is 0 Å². The molecule has 0 atom stereocenters. The molecule has 6 heteroatoms. The predicted octanol–water partition coefficient (Wildman–Crippen LogP) is 0.632. The minimum Gasteiger partial charge on any atom is -0.313 e. The molecule has 0 bridgehead atoms. The highest BCUT2D eigenvalue weighted by Crippen LogP contribution is 2.21. The van der Waals surface area contributed by atoms with E-state index >= 15 is 0 Å². The second-order valence-corrected chi connectivity index (χ2v) is 5.84. The van der Waals surface area contributed by atoms with Gasteiger partial charge in [0.05, 0.1) is 0 Å². The molecule has 5 nitrogen and oxygen atoms in total. The van der Waals surface area contributed by atoms with Crippen LogP contribution in [0.4, 0.5) is 0 Å². The van der Waals surface area contributed by atoms with E-state index in [0.717, 1.165) is 24.9 Å². The average Bonchev–Trinajstić information content (AvgIpc) is 3.10. The van der Waals surface area contributed by atoms with Crippen LogP contribution < -0.4 is 10.0 Å². The number of aromatic nitrogens is 1. The lowest BCUT2D eigenvalue weighted by molar-refractivity contribution is 0.577. The Morgan fingerprint density at radius 1 is 1.41 bits per heavy atom. The molecule has 1 aromatic heterocycles. The fraction of sp³-hybridized carbons (Fsp3) is 0.545. The Bertz CT molecular complexity index is 466. The maximum atomic E-state index is 11.8. The predicted molar refractivity (Wildman–Crippen MR) is 65.0 cm³/mol. The molecule has 0 amide bonds. The zero-order chi connectivity index (χ0) is 12.3. The Kier molecular flexibility index (Phi) is 3.76. The first-order chi connectivity index (χ1) is 8.12. The summed E-state index contributed by atoms with van der Waals surface area (Å²) in [6.45, 7) is 3.61. The van der Waals surface area contributed by atoms with Gasteiger partial charge in [0.2, 0.25) is 0 Å². The van der Waals surface area contributed by atoms with E-state index in [1.54, 1.807) is 18.3 Å². The fourth-order valence-corrected chi connectivity index (χ4v) is 2.66. The van der Waals surface area contributed by atoms with Gasteiger partial charge in [-0.2, -0.15) is 0 Å². The van der Waals surface area contributed by atoms with Crippen LogP contribution in [0.2, 0.25) is 0 Å². The lowest BCUT2D eigenvalue weighted by Crippen LogP contribution is -2.26. The largest absolute Gasteiger partial charge is 0.313 e. The first kappa shape index (κ1) is 12.5. The van der Waals surface area contributed by atoms with Gasteiger partial charge < -0.3 is 5.32 Å². The summed E-state index contributed by atoms with van der Waals surface area (Å²) in [5, 5.41) is 3.26. The van der Waals surface area contributed by atoms with Crippen LogP contribution in [0.1, 0.15) is 25.3 Å². The molecule has 1 saturated carbocycles. The van der Waals surface area contributed by atoms with Crippen LogP contribution in [-0.4, -0.2) is 26.0 Å². The summed E-state index contributed by atoms with van der Waals surface area (Å²) < 4.78 is 26.2. The second kappa shape index (κ2) is 5.12. The van der Waals surface area contributed by atoms with Crippen molar-refractivity contribution in [3.8, 4) is 0 Å². The third-order valence-corrected chi connectivity index (χ3v) is 3.99. The number of nitrogens with zero attached hydrogens (tertiary/aromatic N) is 1. The topological polar surface area (TPSA) is 71.1 Å². The number of pyridine rings is 1. The summed E-state index contributed by atoms with van der Waals surface area (Å²) in [4.78, 5) is 3.99. The summed E-state index contributed by atoms with van der Waals surface area (Å²) in [6.07, 6.45) is 3.46. The molecule has 0 aromatic carbocycles. The maximum absolute atomic E-state index is 11.8. The minimum absolute atomic E-state index is 0.102. The summed E-state index contributed by atoms with van der Waals surface area (Å²) in [5.41, 5.74) is 0.984. The van der Waals surface area contributed by atoms with Crippen LogP contribution >= 0.6 is 0 Å². The van der Waals surface area contributed by atoms with Crippen molar-refractivity contribution in [3.05, 3.63) is 23.9 Å². The van der Waals surface area contributed by atoms with Gasteiger partial charge in [0.1, 0.15) is 0 Å². The van der Waals surface area contributed by atoms with Crippen molar-refractivity contribution in [3.63, 3.8) is 0 Å². The fourth-order valence-electron chi connectivity index (χ4n) is 1.42. The van der Waals surface area contributed by atoms with Gasteiger partial charge in [-0.1, -0.05) is 13.0 Å². The van der Waals surface area contributed by atoms with E-state index in [9.17, 15) is 8.42 Å². The van der Waals surface area contributed by atoms with E-state index in [4.69, 9.17) is 0 Å². The summed E-state index contributed by atoms with van der Waals surface area (Å²) in [6, 6.07) is 3.46. The zero-order valence-electron chi connectivity index (χ0n) is 9.81. The third kappa shape index (κ3) is 3.49. The normalized spacial score (nSPS) is 16.1. The summed E-state index contributed by atoms with van der Waals surface area (Å²) in [5.74, 6) is 0. The van der Waals surface area contributed by atoms with Gasteiger partial charge in [0.15, 0.2) is 5.03 Å². The number of hydrogen-bond donors (Lipinski definition) is 2. The molecular formula is C11H17N3O2S. The van der Waals surface area contributed by atoms with Gasteiger partial charge in [-0.15, -0.1) is 0 Å². The van der Waals surface area contributed by atoms with Gasteiger partial charge in [-0.05, 0) is 31.0 Å². The highest BCUT2D eigenvalue weighted by molar-refractivity contribution is 7.89. The lowest BCUT2D eigenvalue weighted by atomic mass is 10.3. The Morgan fingerprint density at radius 2 is 2.18 bits per heavy atom. The quantitative estimate of drug-likeness (QED) is 0.782. The van der Waals surface area contributed by atoms with Crippen molar-refractivity contribution in [2.24, 2.45) is 0 Å². The van der Waals surface area contributed by atoms with Crippen molar-refractivity contribution in [1.82, 2.24) is 15.0 Å². The highest BCUT2D eigenvalue weighted by atomic mass is 32.2. The van der Waals surface area contributed by atoms with Gasteiger partial charge >= 0.3 is 0 Å². The molecule has 2 N–H and O–H groups in total. The molecule has 1 fully saturated rings. The molecule has 0 saturated heterocycles. The molecule has 0 unspecified atom stereocenters. The van der Waals surface area contributed by atoms with Crippen LogP contribution in [0.15, 0.2) is 23.4 Å². The van der Waals surface area contributed by atoms with Crippen molar-refractivity contribution in [2.75, 3.05) is 6.54 Å². The number of nitrogens with one attached hydrogen (secondary N) is 2. The first-order valence-electron chi connectivity index (χ1n) is 5.80. The molecule has 1 aliphatic rings. The molecule has 1 aromatic rings. The van der Waals surface area contributed by atoms with Gasteiger partial charge in [-0.25, -0.2) is 18.1 Å². The smallest absolute Gasteiger partial charge is 0.258 e. The van der Waals surface area contributed by atoms with E-state index in [-0.39, 0.29) is 11.1 Å². The van der Waals surface area contributed by atoms with Gasteiger partial charge in [0, 0.05) is 18.8 Å². The highest BCUT2D eigenvalue weighted by Gasteiger charge is 2.28. The third-order valence-electron chi connectivity index (χ3n) is 2.55. The van der Waals surface area contributed by atoms with E-state index in [2.05, 4.69) is 15.0 Å². The lowest BCUT2D eigenvalue weighted by Gasteiger charge is -2.06.